The predicted octanol–water partition coefficient (Wildman–Crippen LogP) is 7.82. The van der Waals surface area contributed by atoms with Crippen molar-refractivity contribution in [2.75, 3.05) is 0 Å². The SMILES string of the molecule is C/C(=C\c1ccc(OC(=O)c2ccccc2)cc1)c1ccc2c(c1)C(C)(C)CCC2(C)C. The zero-order valence-electron chi connectivity index (χ0n) is 19.7. The molecule has 1 aliphatic carbocycles. The molecular weight excluding hydrogens is 392 g/mol. The van der Waals surface area contributed by atoms with Crippen LogP contribution in [-0.2, 0) is 10.8 Å². The second kappa shape index (κ2) is 8.43. The number of hydrogen-bond donors (Lipinski definition) is 0. The highest BCUT2D eigenvalue weighted by Crippen LogP contribution is 2.46. The third-order valence-corrected chi connectivity index (χ3v) is 6.79. The second-order valence-electron chi connectivity index (χ2n) is 10.2. The van der Waals surface area contributed by atoms with Crippen molar-refractivity contribution in [2.45, 2.75) is 58.3 Å². The van der Waals surface area contributed by atoms with Crippen LogP contribution in [0.2, 0.25) is 0 Å². The van der Waals surface area contributed by atoms with Gasteiger partial charge in [0.25, 0.3) is 0 Å². The van der Waals surface area contributed by atoms with Crippen LogP contribution in [-0.4, -0.2) is 5.97 Å². The van der Waals surface area contributed by atoms with Crippen LogP contribution in [0.1, 0.15) is 80.1 Å². The lowest BCUT2D eigenvalue weighted by Crippen LogP contribution is -2.33. The standard InChI is InChI=1S/C30H32O2/c1-21(24-13-16-26-27(20-24)30(4,5)18-17-29(26,2)3)19-22-11-14-25(15-12-22)32-28(31)23-9-7-6-8-10-23/h6-16,19-20H,17-18H2,1-5H3/b21-19+. The molecule has 0 aromatic heterocycles. The molecule has 0 saturated carbocycles. The molecule has 4 rings (SSSR count). The van der Waals surface area contributed by atoms with Gasteiger partial charge in [0.05, 0.1) is 5.56 Å². The van der Waals surface area contributed by atoms with Gasteiger partial charge in [-0.2, -0.15) is 0 Å². The smallest absolute Gasteiger partial charge is 0.343 e. The van der Waals surface area contributed by atoms with Crippen LogP contribution in [0.15, 0.2) is 72.8 Å². The molecule has 0 saturated heterocycles. The van der Waals surface area contributed by atoms with E-state index in [0.29, 0.717) is 11.3 Å². The summed E-state index contributed by atoms with van der Waals surface area (Å²) in [6.45, 7) is 11.6. The van der Waals surface area contributed by atoms with E-state index in [0.717, 1.165) is 5.56 Å². The van der Waals surface area contributed by atoms with Crippen LogP contribution in [0.4, 0.5) is 0 Å². The first-order valence-electron chi connectivity index (χ1n) is 11.4. The highest BCUT2D eigenvalue weighted by Gasteiger charge is 2.36. The number of esters is 1. The molecule has 0 amide bonds. The van der Waals surface area contributed by atoms with Crippen molar-refractivity contribution in [1.29, 1.82) is 0 Å². The molecule has 3 aromatic rings. The van der Waals surface area contributed by atoms with Crippen molar-refractivity contribution in [3.8, 4) is 5.75 Å². The average molecular weight is 425 g/mol. The number of benzene rings is 3. The minimum Gasteiger partial charge on any atom is -0.423 e. The monoisotopic (exact) mass is 424 g/mol. The Morgan fingerprint density at radius 1 is 0.781 bits per heavy atom. The van der Waals surface area contributed by atoms with E-state index >= 15 is 0 Å². The van der Waals surface area contributed by atoms with Gasteiger partial charge in [-0.1, -0.05) is 82.3 Å². The van der Waals surface area contributed by atoms with Crippen molar-refractivity contribution in [1.82, 2.24) is 0 Å². The summed E-state index contributed by atoms with van der Waals surface area (Å²) in [5.74, 6) is 0.205. The van der Waals surface area contributed by atoms with E-state index in [2.05, 4.69) is 58.9 Å². The number of carbonyl (C=O) groups excluding carboxylic acids is 1. The van der Waals surface area contributed by atoms with Crippen LogP contribution in [0, 0.1) is 0 Å². The van der Waals surface area contributed by atoms with E-state index in [1.807, 2.05) is 42.5 Å². The predicted molar refractivity (Wildman–Crippen MR) is 133 cm³/mol. The highest BCUT2D eigenvalue weighted by atomic mass is 16.5. The van der Waals surface area contributed by atoms with E-state index in [9.17, 15) is 4.79 Å². The number of carbonyl (C=O) groups is 1. The molecular formula is C30H32O2. The Hall–Kier alpha value is -3.13. The molecule has 0 heterocycles. The van der Waals surface area contributed by atoms with Crippen LogP contribution in [0.25, 0.3) is 11.6 Å². The van der Waals surface area contributed by atoms with Gasteiger partial charge < -0.3 is 4.74 Å². The Morgan fingerprint density at radius 3 is 2.06 bits per heavy atom. The second-order valence-corrected chi connectivity index (χ2v) is 10.2. The molecule has 0 unspecified atom stereocenters. The summed E-state index contributed by atoms with van der Waals surface area (Å²) in [5, 5.41) is 0. The van der Waals surface area contributed by atoms with Crippen LogP contribution < -0.4 is 4.74 Å². The Balaban J connectivity index is 1.54. The lowest BCUT2D eigenvalue weighted by atomic mass is 9.63. The van der Waals surface area contributed by atoms with Gasteiger partial charge in [0.15, 0.2) is 0 Å². The molecule has 3 aromatic carbocycles. The third kappa shape index (κ3) is 4.55. The first kappa shape index (κ1) is 22.1. The molecule has 1 aliphatic rings. The third-order valence-electron chi connectivity index (χ3n) is 6.79. The van der Waals surface area contributed by atoms with E-state index in [1.165, 1.54) is 35.1 Å². The number of fused-ring (bicyclic) bond motifs is 1. The van der Waals surface area contributed by atoms with Crippen LogP contribution in [0.3, 0.4) is 0 Å². The maximum absolute atomic E-state index is 12.2. The molecule has 164 valence electrons. The summed E-state index contributed by atoms with van der Waals surface area (Å²) in [6, 6.07) is 23.7. The van der Waals surface area contributed by atoms with Gasteiger partial charge in [0.2, 0.25) is 0 Å². The molecule has 0 spiro atoms. The zero-order valence-corrected chi connectivity index (χ0v) is 19.7. The fourth-order valence-electron chi connectivity index (χ4n) is 4.54. The van der Waals surface area contributed by atoms with Gasteiger partial charge in [-0.15, -0.1) is 0 Å². The Labute approximate surface area is 192 Å². The molecule has 32 heavy (non-hydrogen) atoms. The largest absolute Gasteiger partial charge is 0.423 e. The quantitative estimate of drug-likeness (QED) is 0.242. The molecule has 0 atom stereocenters. The van der Waals surface area contributed by atoms with Gasteiger partial charge in [-0.3, -0.25) is 0 Å². The summed E-state index contributed by atoms with van der Waals surface area (Å²) in [6.07, 6.45) is 4.62. The van der Waals surface area contributed by atoms with E-state index in [4.69, 9.17) is 4.74 Å². The molecule has 2 nitrogen and oxygen atoms in total. The number of rotatable bonds is 4. The topological polar surface area (TPSA) is 26.3 Å². The summed E-state index contributed by atoms with van der Waals surface area (Å²) < 4.78 is 5.49. The zero-order chi connectivity index (χ0) is 22.9. The molecule has 0 bridgehead atoms. The number of hydrogen-bond acceptors (Lipinski definition) is 2. The lowest BCUT2D eigenvalue weighted by molar-refractivity contribution is 0.0734. The molecule has 2 heteroatoms. The minimum absolute atomic E-state index is 0.200. The van der Waals surface area contributed by atoms with Gasteiger partial charge in [-0.25, -0.2) is 4.79 Å². The van der Waals surface area contributed by atoms with E-state index < -0.39 is 0 Å². The van der Waals surface area contributed by atoms with Crippen LogP contribution >= 0.6 is 0 Å². The molecule has 0 aliphatic heterocycles. The normalized spacial score (nSPS) is 16.8. The lowest BCUT2D eigenvalue weighted by Gasteiger charge is -2.42. The van der Waals surface area contributed by atoms with Crippen molar-refractivity contribution in [3.63, 3.8) is 0 Å². The maximum atomic E-state index is 12.2. The Kier molecular flexibility index (Phi) is 5.81. The fraction of sp³-hybridized carbons (Fsp3) is 0.300. The first-order chi connectivity index (χ1) is 15.2. The van der Waals surface area contributed by atoms with Crippen LogP contribution in [0.5, 0.6) is 5.75 Å². The van der Waals surface area contributed by atoms with Crippen molar-refractivity contribution >= 4 is 17.6 Å². The number of allylic oxidation sites excluding steroid dienone is 1. The Bertz CT molecular complexity index is 1150. The minimum atomic E-state index is -0.343. The van der Waals surface area contributed by atoms with Gasteiger partial charge in [-0.05, 0) is 82.7 Å². The molecule has 0 radical (unpaired) electrons. The fourth-order valence-corrected chi connectivity index (χ4v) is 4.54. The summed E-state index contributed by atoms with van der Waals surface area (Å²) in [7, 11) is 0. The summed E-state index contributed by atoms with van der Waals surface area (Å²) in [4.78, 5) is 12.2. The average Bonchev–Trinajstić information content (AvgIpc) is 2.78. The highest BCUT2D eigenvalue weighted by molar-refractivity contribution is 5.91. The van der Waals surface area contributed by atoms with Gasteiger partial charge in [0.1, 0.15) is 5.75 Å². The Morgan fingerprint density at radius 2 is 1.41 bits per heavy atom. The van der Waals surface area contributed by atoms with E-state index in [1.54, 1.807) is 12.1 Å². The molecule has 0 fully saturated rings. The first-order valence-corrected chi connectivity index (χ1v) is 11.4. The maximum Gasteiger partial charge on any atom is 0.343 e. The summed E-state index contributed by atoms with van der Waals surface area (Å²) >= 11 is 0. The van der Waals surface area contributed by atoms with Gasteiger partial charge >= 0.3 is 5.97 Å². The molecule has 0 N–H and O–H groups in total. The summed E-state index contributed by atoms with van der Waals surface area (Å²) in [5.41, 5.74) is 7.50. The van der Waals surface area contributed by atoms with Gasteiger partial charge in [0, 0.05) is 0 Å². The number of ether oxygens (including phenoxy) is 1. The van der Waals surface area contributed by atoms with Crippen molar-refractivity contribution < 1.29 is 9.53 Å². The van der Waals surface area contributed by atoms with E-state index in [-0.39, 0.29) is 16.8 Å². The van der Waals surface area contributed by atoms with Crippen molar-refractivity contribution in [2.24, 2.45) is 0 Å². The van der Waals surface area contributed by atoms with Crippen molar-refractivity contribution in [3.05, 3.63) is 101 Å².